The predicted octanol–water partition coefficient (Wildman–Crippen LogP) is 3.36. The van der Waals surface area contributed by atoms with Crippen LogP contribution < -0.4 is 0 Å². The van der Waals surface area contributed by atoms with Crippen LogP contribution in [0.1, 0.15) is 47.2 Å². The van der Waals surface area contributed by atoms with Gasteiger partial charge in [-0.2, -0.15) is 0 Å². The largest absolute Gasteiger partial charge is 0.300 e. The Morgan fingerprint density at radius 3 is 2.16 bits per heavy atom. The lowest BCUT2D eigenvalue weighted by molar-refractivity contribution is 0.0766. The molecule has 0 N–H and O–H groups in total. The van der Waals surface area contributed by atoms with E-state index >= 15 is 0 Å². The van der Waals surface area contributed by atoms with Crippen LogP contribution in [0, 0.1) is 19.8 Å². The van der Waals surface area contributed by atoms with E-state index in [1.807, 2.05) is 6.07 Å². The minimum Gasteiger partial charge on any atom is -0.300 e. The number of hydrogen-bond acceptors (Lipinski definition) is 2. The smallest absolute Gasteiger partial charge is 0.166 e. The number of nitrogens with zero attached hydrogens (tertiary/aromatic N) is 1. The van der Waals surface area contributed by atoms with Gasteiger partial charge in [-0.15, -0.1) is 0 Å². The molecule has 3 rings (SSSR count). The van der Waals surface area contributed by atoms with Crippen molar-refractivity contribution < 1.29 is 4.79 Å². The van der Waals surface area contributed by atoms with E-state index in [0.717, 1.165) is 29.5 Å². The fourth-order valence-corrected chi connectivity index (χ4v) is 4.03. The highest BCUT2D eigenvalue weighted by molar-refractivity contribution is 6.00. The number of benzene rings is 1. The maximum absolute atomic E-state index is 12.8. The van der Waals surface area contributed by atoms with E-state index in [4.69, 9.17) is 0 Å². The highest BCUT2D eigenvalue weighted by Crippen LogP contribution is 2.39. The standard InChI is InChI=1S/C17H23NO/c1-11-5-4-6-12(2)16(11)17(19)13-9-14-7-8-15(10-13)18(14)3/h4-6,13-15H,7-10H2,1-3H3. The average molecular weight is 257 g/mol. The first-order valence-corrected chi connectivity index (χ1v) is 7.40. The van der Waals surface area contributed by atoms with Gasteiger partial charge in [0, 0.05) is 23.6 Å². The van der Waals surface area contributed by atoms with Crippen LogP contribution in [0.2, 0.25) is 0 Å². The summed E-state index contributed by atoms with van der Waals surface area (Å²) < 4.78 is 0. The second-order valence-electron chi connectivity index (χ2n) is 6.35. The van der Waals surface area contributed by atoms with Crippen molar-refractivity contribution in [3.05, 3.63) is 34.9 Å². The van der Waals surface area contributed by atoms with Gasteiger partial charge < -0.3 is 4.90 Å². The molecule has 2 bridgehead atoms. The molecule has 102 valence electrons. The quantitative estimate of drug-likeness (QED) is 0.757. The van der Waals surface area contributed by atoms with Crippen LogP contribution in [0.5, 0.6) is 0 Å². The summed E-state index contributed by atoms with van der Waals surface area (Å²) in [5, 5.41) is 0. The number of ketones is 1. The van der Waals surface area contributed by atoms with Gasteiger partial charge in [-0.1, -0.05) is 18.2 Å². The third kappa shape index (κ3) is 2.12. The molecule has 2 atom stereocenters. The third-order valence-electron chi connectivity index (χ3n) is 5.20. The number of hydrogen-bond donors (Lipinski definition) is 0. The molecule has 1 aromatic rings. The first-order chi connectivity index (χ1) is 9.08. The number of carbonyl (C=O) groups excluding carboxylic acids is 1. The Kier molecular flexibility index (Phi) is 3.22. The molecule has 0 aliphatic carbocycles. The number of fused-ring (bicyclic) bond motifs is 2. The third-order valence-corrected chi connectivity index (χ3v) is 5.20. The molecule has 2 heteroatoms. The molecule has 2 fully saturated rings. The number of aryl methyl sites for hydroxylation is 2. The summed E-state index contributed by atoms with van der Waals surface area (Å²) in [5.74, 6) is 0.633. The zero-order valence-electron chi connectivity index (χ0n) is 12.1. The average Bonchev–Trinajstić information content (AvgIpc) is 2.62. The van der Waals surface area contributed by atoms with E-state index in [1.165, 1.54) is 12.8 Å². The van der Waals surface area contributed by atoms with Crippen LogP contribution in [0.4, 0.5) is 0 Å². The fourth-order valence-electron chi connectivity index (χ4n) is 4.03. The molecule has 0 saturated carbocycles. The number of Topliss-reactive ketones (excluding diaryl/α,β-unsaturated/α-hetero) is 1. The minimum absolute atomic E-state index is 0.244. The molecule has 0 aromatic heterocycles. The van der Waals surface area contributed by atoms with Crippen molar-refractivity contribution in [2.45, 2.75) is 51.6 Å². The summed E-state index contributed by atoms with van der Waals surface area (Å²) >= 11 is 0. The topological polar surface area (TPSA) is 20.3 Å². The second kappa shape index (κ2) is 4.75. The molecule has 0 spiro atoms. The lowest BCUT2D eigenvalue weighted by Gasteiger charge is -2.36. The Hall–Kier alpha value is -1.15. The van der Waals surface area contributed by atoms with Crippen molar-refractivity contribution >= 4 is 5.78 Å². The Labute approximate surface area is 115 Å². The van der Waals surface area contributed by atoms with E-state index in [0.29, 0.717) is 17.9 Å². The maximum atomic E-state index is 12.8. The number of piperidine rings is 1. The van der Waals surface area contributed by atoms with Gasteiger partial charge in [0.15, 0.2) is 5.78 Å². The lowest BCUT2D eigenvalue weighted by atomic mass is 9.82. The van der Waals surface area contributed by atoms with Crippen molar-refractivity contribution in [3.63, 3.8) is 0 Å². The van der Waals surface area contributed by atoms with Crippen molar-refractivity contribution in [1.29, 1.82) is 0 Å². The van der Waals surface area contributed by atoms with E-state index < -0.39 is 0 Å². The van der Waals surface area contributed by atoms with Crippen molar-refractivity contribution in [2.75, 3.05) is 7.05 Å². The molecule has 19 heavy (non-hydrogen) atoms. The van der Waals surface area contributed by atoms with Gasteiger partial charge in [0.1, 0.15) is 0 Å². The zero-order valence-corrected chi connectivity index (χ0v) is 12.1. The molecule has 2 saturated heterocycles. The van der Waals surface area contributed by atoms with Gasteiger partial charge in [0.05, 0.1) is 0 Å². The maximum Gasteiger partial charge on any atom is 0.166 e. The molecule has 2 unspecified atom stereocenters. The van der Waals surface area contributed by atoms with E-state index in [-0.39, 0.29) is 5.92 Å². The van der Waals surface area contributed by atoms with E-state index in [9.17, 15) is 4.79 Å². The van der Waals surface area contributed by atoms with E-state index in [2.05, 4.69) is 37.9 Å². The molecule has 0 amide bonds. The predicted molar refractivity (Wildman–Crippen MR) is 77.5 cm³/mol. The summed E-state index contributed by atoms with van der Waals surface area (Å²) in [6.07, 6.45) is 4.66. The Morgan fingerprint density at radius 2 is 1.63 bits per heavy atom. The van der Waals surface area contributed by atoms with Gasteiger partial charge >= 0.3 is 0 Å². The van der Waals surface area contributed by atoms with Crippen LogP contribution in [0.3, 0.4) is 0 Å². The van der Waals surface area contributed by atoms with E-state index in [1.54, 1.807) is 0 Å². The second-order valence-corrected chi connectivity index (χ2v) is 6.35. The summed E-state index contributed by atoms with van der Waals surface area (Å²) in [4.78, 5) is 15.3. The van der Waals surface area contributed by atoms with Gasteiger partial charge in [-0.05, 0) is 57.7 Å². The molecule has 0 radical (unpaired) electrons. The Balaban J connectivity index is 1.86. The van der Waals surface area contributed by atoms with Crippen molar-refractivity contribution in [2.24, 2.45) is 5.92 Å². The van der Waals surface area contributed by atoms with Crippen LogP contribution in [0.25, 0.3) is 0 Å². The molecular formula is C17H23NO. The normalized spacial score (nSPS) is 30.6. The van der Waals surface area contributed by atoms with Gasteiger partial charge in [0.25, 0.3) is 0 Å². The van der Waals surface area contributed by atoms with Crippen LogP contribution in [-0.4, -0.2) is 29.8 Å². The first kappa shape index (κ1) is 12.9. The van der Waals surface area contributed by atoms with Gasteiger partial charge in [0.2, 0.25) is 0 Å². The highest BCUT2D eigenvalue weighted by atomic mass is 16.1. The molecule has 2 aliphatic rings. The molecule has 2 aliphatic heterocycles. The minimum atomic E-state index is 0.244. The summed E-state index contributed by atoms with van der Waals surface area (Å²) in [6.45, 7) is 4.12. The molecule has 2 heterocycles. The molecular weight excluding hydrogens is 234 g/mol. The first-order valence-electron chi connectivity index (χ1n) is 7.40. The van der Waals surface area contributed by atoms with Crippen LogP contribution in [0.15, 0.2) is 18.2 Å². The van der Waals surface area contributed by atoms with Crippen molar-refractivity contribution in [3.8, 4) is 0 Å². The zero-order chi connectivity index (χ0) is 13.6. The highest BCUT2D eigenvalue weighted by Gasteiger charge is 2.41. The molecule has 2 nitrogen and oxygen atoms in total. The number of rotatable bonds is 2. The lowest BCUT2D eigenvalue weighted by Crippen LogP contribution is -2.42. The van der Waals surface area contributed by atoms with Gasteiger partial charge in [-0.3, -0.25) is 4.79 Å². The summed E-state index contributed by atoms with van der Waals surface area (Å²) in [7, 11) is 2.22. The van der Waals surface area contributed by atoms with Gasteiger partial charge in [-0.25, -0.2) is 0 Å². The Bertz CT molecular complexity index is 474. The van der Waals surface area contributed by atoms with Crippen LogP contribution in [-0.2, 0) is 0 Å². The Morgan fingerprint density at radius 1 is 1.11 bits per heavy atom. The number of carbonyl (C=O) groups is 1. The summed E-state index contributed by atoms with van der Waals surface area (Å²) in [6, 6.07) is 7.43. The summed E-state index contributed by atoms with van der Waals surface area (Å²) in [5.41, 5.74) is 3.25. The fraction of sp³-hybridized carbons (Fsp3) is 0.588. The van der Waals surface area contributed by atoms with Crippen LogP contribution >= 0.6 is 0 Å². The molecule has 1 aromatic carbocycles. The SMILES string of the molecule is Cc1cccc(C)c1C(=O)C1CC2CCC(C1)N2C. The monoisotopic (exact) mass is 257 g/mol. The van der Waals surface area contributed by atoms with Crippen molar-refractivity contribution in [1.82, 2.24) is 4.90 Å².